The van der Waals surface area contributed by atoms with Gasteiger partial charge in [0.2, 0.25) is 0 Å². The molecule has 3 N–H and O–H groups in total. The van der Waals surface area contributed by atoms with Crippen LogP contribution in [0, 0.1) is 11.8 Å². The zero-order chi connectivity index (χ0) is 12.7. The predicted octanol–water partition coefficient (Wildman–Crippen LogP) is 1.44. The maximum atomic E-state index is 11.3. The average molecular weight is 230 g/mol. The molecular formula is C11H22N2O3. The molecule has 0 heterocycles. The number of rotatable bonds is 6. The third kappa shape index (κ3) is 7.09. The molecule has 0 aliphatic heterocycles. The minimum Gasteiger partial charge on any atom is -0.481 e. The highest BCUT2D eigenvalue weighted by molar-refractivity contribution is 5.75. The van der Waals surface area contributed by atoms with Crippen LogP contribution < -0.4 is 10.6 Å². The molecule has 16 heavy (non-hydrogen) atoms. The van der Waals surface area contributed by atoms with Crippen LogP contribution in [0.4, 0.5) is 4.79 Å². The van der Waals surface area contributed by atoms with Crippen LogP contribution in [0.3, 0.4) is 0 Å². The van der Waals surface area contributed by atoms with Crippen molar-refractivity contribution < 1.29 is 14.7 Å². The van der Waals surface area contributed by atoms with Crippen molar-refractivity contribution in [3.63, 3.8) is 0 Å². The van der Waals surface area contributed by atoms with E-state index in [4.69, 9.17) is 5.11 Å². The number of carboxylic acids is 1. The zero-order valence-corrected chi connectivity index (χ0v) is 10.4. The summed E-state index contributed by atoms with van der Waals surface area (Å²) in [4.78, 5) is 21.7. The van der Waals surface area contributed by atoms with Gasteiger partial charge in [0.15, 0.2) is 0 Å². The van der Waals surface area contributed by atoms with Crippen molar-refractivity contribution in [3.8, 4) is 0 Å². The lowest BCUT2D eigenvalue weighted by atomic mass is 9.98. The summed E-state index contributed by atoms with van der Waals surface area (Å²) < 4.78 is 0. The SMILES string of the molecule is CC(CC(=O)O)NC(=O)NCC(C)C(C)C. The van der Waals surface area contributed by atoms with Gasteiger partial charge in [-0.25, -0.2) is 4.79 Å². The second-order valence-corrected chi connectivity index (χ2v) is 4.57. The van der Waals surface area contributed by atoms with E-state index in [1.807, 2.05) is 0 Å². The van der Waals surface area contributed by atoms with Gasteiger partial charge < -0.3 is 15.7 Å². The molecule has 5 nitrogen and oxygen atoms in total. The van der Waals surface area contributed by atoms with Crippen LogP contribution in [0.15, 0.2) is 0 Å². The summed E-state index contributed by atoms with van der Waals surface area (Å²) in [6.45, 7) is 8.52. The van der Waals surface area contributed by atoms with Gasteiger partial charge in [0, 0.05) is 12.6 Å². The number of hydrogen-bond acceptors (Lipinski definition) is 2. The number of hydrogen-bond donors (Lipinski definition) is 3. The summed E-state index contributed by atoms with van der Waals surface area (Å²) in [5, 5.41) is 13.8. The highest BCUT2D eigenvalue weighted by Gasteiger charge is 2.12. The summed E-state index contributed by atoms with van der Waals surface area (Å²) in [6.07, 6.45) is -0.0623. The molecule has 5 heteroatoms. The first-order chi connectivity index (χ1) is 7.32. The minimum atomic E-state index is -0.914. The van der Waals surface area contributed by atoms with Crippen LogP contribution in [0.1, 0.15) is 34.1 Å². The van der Waals surface area contributed by atoms with Gasteiger partial charge in [0.05, 0.1) is 6.42 Å². The fraction of sp³-hybridized carbons (Fsp3) is 0.818. The number of carboxylic acid groups (broad SMARTS) is 1. The van der Waals surface area contributed by atoms with Gasteiger partial charge >= 0.3 is 12.0 Å². The number of urea groups is 1. The molecule has 0 saturated heterocycles. The zero-order valence-electron chi connectivity index (χ0n) is 10.4. The van der Waals surface area contributed by atoms with Crippen molar-refractivity contribution in [2.45, 2.75) is 40.2 Å². The topological polar surface area (TPSA) is 78.4 Å². The Labute approximate surface area is 96.6 Å². The van der Waals surface area contributed by atoms with E-state index < -0.39 is 5.97 Å². The Morgan fingerprint density at radius 2 is 1.75 bits per heavy atom. The van der Waals surface area contributed by atoms with E-state index in [2.05, 4.69) is 31.4 Å². The quantitative estimate of drug-likeness (QED) is 0.646. The summed E-state index contributed by atoms with van der Waals surface area (Å²) in [5.74, 6) is 0.000575. The number of aliphatic carboxylic acids is 1. The molecule has 0 aliphatic rings. The van der Waals surface area contributed by atoms with Crippen molar-refractivity contribution in [2.75, 3.05) is 6.54 Å². The molecule has 0 aromatic heterocycles. The van der Waals surface area contributed by atoms with Crippen molar-refractivity contribution in [1.82, 2.24) is 10.6 Å². The molecule has 0 fully saturated rings. The first kappa shape index (κ1) is 14.7. The number of amides is 2. The van der Waals surface area contributed by atoms with Gasteiger partial charge in [-0.3, -0.25) is 4.79 Å². The molecule has 0 aliphatic carbocycles. The first-order valence-electron chi connectivity index (χ1n) is 5.59. The van der Waals surface area contributed by atoms with E-state index in [9.17, 15) is 9.59 Å². The Morgan fingerprint density at radius 3 is 2.19 bits per heavy atom. The second-order valence-electron chi connectivity index (χ2n) is 4.57. The van der Waals surface area contributed by atoms with E-state index in [0.717, 1.165) is 0 Å². The van der Waals surface area contributed by atoms with Crippen LogP contribution in [-0.4, -0.2) is 29.7 Å². The standard InChI is InChI=1S/C11H22N2O3/c1-7(2)8(3)6-12-11(16)13-9(4)5-10(14)15/h7-9H,5-6H2,1-4H3,(H,14,15)(H2,12,13,16). The van der Waals surface area contributed by atoms with Gasteiger partial charge in [-0.05, 0) is 18.8 Å². The van der Waals surface area contributed by atoms with Gasteiger partial charge in [0.1, 0.15) is 0 Å². The van der Waals surface area contributed by atoms with E-state index >= 15 is 0 Å². The highest BCUT2D eigenvalue weighted by Crippen LogP contribution is 2.07. The van der Waals surface area contributed by atoms with Gasteiger partial charge in [-0.1, -0.05) is 20.8 Å². The van der Waals surface area contributed by atoms with E-state index in [1.54, 1.807) is 6.92 Å². The molecule has 0 aromatic carbocycles. The number of nitrogens with one attached hydrogen (secondary N) is 2. The van der Waals surface area contributed by atoms with Crippen LogP contribution in [0.25, 0.3) is 0 Å². The molecule has 0 spiro atoms. The van der Waals surface area contributed by atoms with E-state index in [0.29, 0.717) is 18.4 Å². The second kappa shape index (κ2) is 7.09. The fourth-order valence-corrected chi connectivity index (χ4v) is 1.08. The lowest BCUT2D eigenvalue weighted by Crippen LogP contribution is -2.43. The Bertz CT molecular complexity index is 241. The van der Waals surface area contributed by atoms with Gasteiger partial charge in [-0.15, -0.1) is 0 Å². The lowest BCUT2D eigenvalue weighted by molar-refractivity contribution is -0.137. The van der Waals surface area contributed by atoms with E-state index in [-0.39, 0.29) is 18.5 Å². The Balaban J connectivity index is 3.78. The monoisotopic (exact) mass is 230 g/mol. The number of carbonyl (C=O) groups is 2. The average Bonchev–Trinajstić information content (AvgIpc) is 2.12. The van der Waals surface area contributed by atoms with Crippen LogP contribution >= 0.6 is 0 Å². The van der Waals surface area contributed by atoms with Crippen LogP contribution in [-0.2, 0) is 4.79 Å². The molecule has 2 amide bonds. The Kier molecular flexibility index (Phi) is 6.53. The fourth-order valence-electron chi connectivity index (χ4n) is 1.08. The molecule has 0 bridgehead atoms. The largest absolute Gasteiger partial charge is 0.481 e. The summed E-state index contributed by atoms with van der Waals surface area (Å²) in [7, 11) is 0. The van der Waals surface area contributed by atoms with Gasteiger partial charge in [-0.2, -0.15) is 0 Å². The molecule has 2 atom stereocenters. The molecule has 0 aromatic rings. The smallest absolute Gasteiger partial charge is 0.315 e. The van der Waals surface area contributed by atoms with Crippen molar-refractivity contribution in [3.05, 3.63) is 0 Å². The maximum absolute atomic E-state index is 11.3. The molecule has 0 saturated carbocycles. The van der Waals surface area contributed by atoms with Crippen LogP contribution in [0.2, 0.25) is 0 Å². The maximum Gasteiger partial charge on any atom is 0.315 e. The van der Waals surface area contributed by atoms with Crippen molar-refractivity contribution in [1.29, 1.82) is 0 Å². The minimum absolute atomic E-state index is 0.0623. The predicted molar refractivity (Wildman–Crippen MR) is 62.3 cm³/mol. The molecule has 2 unspecified atom stereocenters. The third-order valence-electron chi connectivity index (χ3n) is 2.58. The Morgan fingerprint density at radius 1 is 1.19 bits per heavy atom. The van der Waals surface area contributed by atoms with E-state index in [1.165, 1.54) is 0 Å². The summed E-state index contributed by atoms with van der Waals surface area (Å²) >= 11 is 0. The molecule has 0 rings (SSSR count). The first-order valence-corrected chi connectivity index (χ1v) is 5.59. The van der Waals surface area contributed by atoms with Crippen LogP contribution in [0.5, 0.6) is 0 Å². The molecule has 0 radical (unpaired) electrons. The third-order valence-corrected chi connectivity index (χ3v) is 2.58. The normalized spacial score (nSPS) is 14.3. The van der Waals surface area contributed by atoms with Gasteiger partial charge in [0.25, 0.3) is 0 Å². The molecular weight excluding hydrogens is 208 g/mol. The lowest BCUT2D eigenvalue weighted by Gasteiger charge is -2.18. The van der Waals surface area contributed by atoms with Crippen molar-refractivity contribution in [2.24, 2.45) is 11.8 Å². The summed E-state index contributed by atoms with van der Waals surface area (Å²) in [6, 6.07) is -0.659. The summed E-state index contributed by atoms with van der Waals surface area (Å²) in [5.41, 5.74) is 0. The highest BCUT2D eigenvalue weighted by atomic mass is 16.4. The number of carbonyl (C=O) groups excluding carboxylic acids is 1. The van der Waals surface area contributed by atoms with Crippen molar-refractivity contribution >= 4 is 12.0 Å². The Hall–Kier alpha value is -1.26. The molecule has 94 valence electrons.